The second-order valence-corrected chi connectivity index (χ2v) is 8.53. The van der Waals surface area contributed by atoms with Gasteiger partial charge in [-0.1, -0.05) is 12.1 Å². The van der Waals surface area contributed by atoms with Crippen LogP contribution in [-0.2, 0) is 23.9 Å². The maximum atomic E-state index is 13.3. The highest BCUT2D eigenvalue weighted by Gasteiger charge is 2.48. The van der Waals surface area contributed by atoms with E-state index in [1.807, 2.05) is 0 Å². The van der Waals surface area contributed by atoms with Gasteiger partial charge in [-0.2, -0.15) is 0 Å². The summed E-state index contributed by atoms with van der Waals surface area (Å²) >= 11 is 0. The van der Waals surface area contributed by atoms with Crippen molar-refractivity contribution >= 4 is 40.9 Å². The average molecular weight is 492 g/mol. The lowest BCUT2D eigenvalue weighted by atomic mass is 9.93. The van der Waals surface area contributed by atoms with Gasteiger partial charge in [0.25, 0.3) is 5.91 Å². The van der Waals surface area contributed by atoms with Crippen LogP contribution in [0, 0.1) is 5.92 Å². The van der Waals surface area contributed by atoms with Gasteiger partial charge in [0.15, 0.2) is 11.5 Å². The van der Waals surface area contributed by atoms with E-state index in [9.17, 15) is 29.1 Å². The number of Topliss-reactive ketones (excluding diaryl/α,β-unsaturated/α-hetero) is 1. The summed E-state index contributed by atoms with van der Waals surface area (Å²) in [7, 11) is 2.35. The Morgan fingerprint density at radius 2 is 1.50 bits per heavy atom. The van der Waals surface area contributed by atoms with Crippen molar-refractivity contribution in [2.45, 2.75) is 25.8 Å². The lowest BCUT2D eigenvalue weighted by molar-refractivity contribution is -0.118. The molecule has 10 heteroatoms. The molecule has 1 saturated carbocycles. The number of carbonyl (C=O) groups is 5. The van der Waals surface area contributed by atoms with Gasteiger partial charge in [0.1, 0.15) is 0 Å². The molecule has 0 spiro atoms. The molecule has 1 fully saturated rings. The minimum Gasteiger partial charge on any atom is -0.503 e. The largest absolute Gasteiger partial charge is 0.503 e. The molecule has 186 valence electrons. The number of amides is 2. The highest BCUT2D eigenvalue weighted by Crippen LogP contribution is 2.45. The second-order valence-electron chi connectivity index (χ2n) is 8.53. The maximum Gasteiger partial charge on any atom is 0.337 e. The molecule has 1 atom stereocenters. The lowest BCUT2D eigenvalue weighted by Crippen LogP contribution is -2.31. The topological polar surface area (TPSA) is 139 Å². The molecule has 0 radical (unpaired) electrons. The van der Waals surface area contributed by atoms with Crippen molar-refractivity contribution in [1.82, 2.24) is 0 Å². The predicted octanol–water partition coefficient (Wildman–Crippen LogP) is 3.10. The SMILES string of the molecule is COC(=O)c1cc(C(=O)OC)cc(N2C(=O)C(O)=C(C(=O)C3CC3)[C@H]2c2ccc(NC(C)=O)cc2)c1. The number of aliphatic hydroxyl groups excluding tert-OH is 1. The van der Waals surface area contributed by atoms with Crippen molar-refractivity contribution in [2.24, 2.45) is 5.92 Å². The molecule has 0 aromatic heterocycles. The number of ketones is 1. The zero-order valence-electron chi connectivity index (χ0n) is 19.9. The number of ether oxygens (including phenoxy) is 2. The standard InChI is InChI=1S/C26H24N2O8/c1-13(29)27-18-8-6-14(7-9-18)21-20(22(30)15-4-5-15)23(31)24(32)28(21)19-11-16(25(33)35-2)10-17(12-19)26(34)36-3/h6-12,15,21,31H,4-5H2,1-3H3,(H,27,29)/t21-/m1/s1. The molecule has 1 heterocycles. The van der Waals surface area contributed by atoms with Crippen molar-refractivity contribution in [3.8, 4) is 0 Å². The monoisotopic (exact) mass is 492 g/mol. The van der Waals surface area contributed by atoms with Gasteiger partial charge in [-0.05, 0) is 48.7 Å². The summed E-state index contributed by atoms with van der Waals surface area (Å²) in [6.45, 7) is 1.37. The van der Waals surface area contributed by atoms with E-state index in [0.29, 0.717) is 24.1 Å². The third kappa shape index (κ3) is 4.57. The molecule has 2 aliphatic rings. The quantitative estimate of drug-likeness (QED) is 0.562. The van der Waals surface area contributed by atoms with Gasteiger partial charge in [-0.3, -0.25) is 19.3 Å². The zero-order valence-corrected chi connectivity index (χ0v) is 19.9. The number of benzene rings is 2. The van der Waals surface area contributed by atoms with E-state index < -0.39 is 29.6 Å². The molecule has 2 amide bonds. The Hall–Kier alpha value is -4.47. The number of esters is 2. The van der Waals surface area contributed by atoms with Gasteiger partial charge >= 0.3 is 11.9 Å². The summed E-state index contributed by atoms with van der Waals surface area (Å²) in [4.78, 5) is 63.7. The van der Waals surface area contributed by atoms with Crippen molar-refractivity contribution in [3.63, 3.8) is 0 Å². The number of methoxy groups -OCH3 is 2. The van der Waals surface area contributed by atoms with Gasteiger partial charge in [0.05, 0.1) is 37.0 Å². The van der Waals surface area contributed by atoms with E-state index in [0.717, 1.165) is 4.90 Å². The van der Waals surface area contributed by atoms with Gasteiger partial charge in [-0.15, -0.1) is 0 Å². The van der Waals surface area contributed by atoms with Crippen LogP contribution in [0.5, 0.6) is 0 Å². The second kappa shape index (κ2) is 9.65. The Balaban J connectivity index is 1.87. The normalized spacial score (nSPS) is 17.1. The van der Waals surface area contributed by atoms with Gasteiger partial charge in [0.2, 0.25) is 5.91 Å². The summed E-state index contributed by atoms with van der Waals surface area (Å²) in [5.74, 6) is -3.94. The molecule has 2 aromatic carbocycles. The first-order valence-electron chi connectivity index (χ1n) is 11.2. The van der Waals surface area contributed by atoms with Crippen molar-refractivity contribution in [3.05, 3.63) is 70.5 Å². The molecule has 10 nitrogen and oxygen atoms in total. The Morgan fingerprint density at radius 1 is 0.944 bits per heavy atom. The number of rotatable bonds is 7. The third-order valence-electron chi connectivity index (χ3n) is 6.01. The molecule has 1 aliphatic carbocycles. The smallest absolute Gasteiger partial charge is 0.337 e. The van der Waals surface area contributed by atoms with E-state index in [-0.39, 0.29) is 40.0 Å². The molecule has 1 aliphatic heterocycles. The van der Waals surface area contributed by atoms with Crippen LogP contribution in [-0.4, -0.2) is 48.9 Å². The van der Waals surface area contributed by atoms with Crippen LogP contribution >= 0.6 is 0 Å². The fourth-order valence-electron chi connectivity index (χ4n) is 4.18. The third-order valence-corrected chi connectivity index (χ3v) is 6.01. The van der Waals surface area contributed by atoms with E-state index in [1.165, 1.54) is 39.3 Å². The maximum absolute atomic E-state index is 13.3. The molecule has 2 aromatic rings. The molecule has 2 N–H and O–H groups in total. The molecular weight excluding hydrogens is 468 g/mol. The number of hydrogen-bond donors (Lipinski definition) is 2. The van der Waals surface area contributed by atoms with Crippen molar-refractivity contribution in [2.75, 3.05) is 24.4 Å². The van der Waals surface area contributed by atoms with Crippen LogP contribution in [0.4, 0.5) is 11.4 Å². The molecular formula is C26H24N2O8. The van der Waals surface area contributed by atoms with E-state index in [1.54, 1.807) is 24.3 Å². The van der Waals surface area contributed by atoms with Crippen LogP contribution < -0.4 is 10.2 Å². The predicted molar refractivity (Wildman–Crippen MR) is 127 cm³/mol. The van der Waals surface area contributed by atoms with Crippen LogP contribution in [0.2, 0.25) is 0 Å². The van der Waals surface area contributed by atoms with Gasteiger partial charge < -0.3 is 19.9 Å². The number of nitrogens with zero attached hydrogens (tertiary/aromatic N) is 1. The summed E-state index contributed by atoms with van der Waals surface area (Å²) in [6, 6.07) is 9.38. The van der Waals surface area contributed by atoms with Crippen LogP contribution in [0.15, 0.2) is 53.8 Å². The Bertz CT molecular complexity index is 1270. The first-order chi connectivity index (χ1) is 17.2. The fraction of sp³-hybridized carbons (Fsp3) is 0.269. The number of aliphatic hydroxyl groups is 1. The van der Waals surface area contributed by atoms with Gasteiger partial charge in [0, 0.05) is 24.2 Å². The number of anilines is 2. The molecule has 4 rings (SSSR count). The van der Waals surface area contributed by atoms with Crippen molar-refractivity contribution < 1.29 is 38.6 Å². The summed E-state index contributed by atoms with van der Waals surface area (Å²) in [5.41, 5.74) is 0.968. The van der Waals surface area contributed by atoms with Crippen LogP contribution in [0.1, 0.15) is 52.1 Å². The Kier molecular flexibility index (Phi) is 6.61. The molecule has 0 saturated heterocycles. The summed E-state index contributed by atoms with van der Waals surface area (Å²) in [5, 5.41) is 13.5. The highest BCUT2D eigenvalue weighted by atomic mass is 16.5. The summed E-state index contributed by atoms with van der Waals surface area (Å²) in [6.07, 6.45) is 1.31. The lowest BCUT2D eigenvalue weighted by Gasteiger charge is -2.28. The Morgan fingerprint density at radius 3 is 1.97 bits per heavy atom. The van der Waals surface area contributed by atoms with E-state index in [2.05, 4.69) is 5.32 Å². The number of carbonyl (C=O) groups excluding carboxylic acids is 5. The zero-order chi connectivity index (χ0) is 26.1. The molecule has 0 bridgehead atoms. The minimum atomic E-state index is -1.03. The van der Waals surface area contributed by atoms with Crippen LogP contribution in [0.3, 0.4) is 0 Å². The van der Waals surface area contributed by atoms with Crippen molar-refractivity contribution in [1.29, 1.82) is 0 Å². The average Bonchev–Trinajstić information content (AvgIpc) is 3.69. The van der Waals surface area contributed by atoms with E-state index >= 15 is 0 Å². The first kappa shape index (κ1) is 24.6. The number of nitrogens with one attached hydrogen (secondary N) is 1. The van der Waals surface area contributed by atoms with Gasteiger partial charge in [-0.25, -0.2) is 9.59 Å². The molecule has 0 unspecified atom stereocenters. The molecule has 36 heavy (non-hydrogen) atoms. The minimum absolute atomic E-state index is 0.0237. The first-order valence-corrected chi connectivity index (χ1v) is 11.2. The van der Waals surface area contributed by atoms with Crippen LogP contribution in [0.25, 0.3) is 0 Å². The highest BCUT2D eigenvalue weighted by molar-refractivity contribution is 6.17. The number of hydrogen-bond acceptors (Lipinski definition) is 8. The Labute approximate surface area is 206 Å². The summed E-state index contributed by atoms with van der Waals surface area (Å²) < 4.78 is 9.57. The van der Waals surface area contributed by atoms with E-state index in [4.69, 9.17) is 9.47 Å². The fourth-order valence-corrected chi connectivity index (χ4v) is 4.18.